The number of oxazole rings is 1. The predicted octanol–water partition coefficient (Wildman–Crippen LogP) is 5.35. The van der Waals surface area contributed by atoms with Crippen molar-refractivity contribution in [3.05, 3.63) is 36.9 Å². The Morgan fingerprint density at radius 2 is 1.84 bits per heavy atom. The predicted molar refractivity (Wildman–Crippen MR) is 107 cm³/mol. The molecule has 0 amide bonds. The Hall–Kier alpha value is -1.46. The van der Waals surface area contributed by atoms with Crippen LogP contribution in [0.5, 0.6) is 0 Å². The summed E-state index contributed by atoms with van der Waals surface area (Å²) in [6, 6.07) is 9.05. The molecule has 0 aliphatic heterocycles. The van der Waals surface area contributed by atoms with Gasteiger partial charge in [-0.25, -0.2) is 4.98 Å². The molecular formula is C20H29N3OS. The third-order valence-electron chi connectivity index (χ3n) is 4.58. The van der Waals surface area contributed by atoms with Gasteiger partial charge in [-0.3, -0.25) is 4.72 Å². The fraction of sp³-hybridized carbons (Fsp3) is 0.550. The minimum absolute atomic E-state index is 0.288. The number of nitrogens with one attached hydrogen (secondary N) is 2. The van der Waals surface area contributed by atoms with Gasteiger partial charge in [0, 0.05) is 28.6 Å². The summed E-state index contributed by atoms with van der Waals surface area (Å²) < 4.78 is 9.27. The van der Waals surface area contributed by atoms with Crippen molar-refractivity contribution in [2.45, 2.75) is 57.2 Å². The maximum atomic E-state index is 5.33. The van der Waals surface area contributed by atoms with Crippen LogP contribution < -0.4 is 10.0 Å². The van der Waals surface area contributed by atoms with Gasteiger partial charge in [0.1, 0.15) is 0 Å². The molecule has 1 aromatic carbocycles. The van der Waals surface area contributed by atoms with E-state index in [-0.39, 0.29) is 4.75 Å². The zero-order chi connectivity index (χ0) is 17.7. The smallest absolute Gasteiger partial charge is 0.181 e. The first kappa shape index (κ1) is 18.3. The lowest BCUT2D eigenvalue weighted by atomic mass is 9.86. The Kier molecular flexibility index (Phi) is 6.07. The highest BCUT2D eigenvalue weighted by Crippen LogP contribution is 2.29. The Balaban J connectivity index is 1.40. The van der Waals surface area contributed by atoms with Crippen molar-refractivity contribution in [1.29, 1.82) is 0 Å². The molecule has 2 N–H and O–H groups in total. The second-order valence-electron chi connectivity index (χ2n) is 7.87. The van der Waals surface area contributed by atoms with E-state index in [0.29, 0.717) is 6.04 Å². The lowest BCUT2D eigenvalue weighted by Crippen LogP contribution is -2.33. The summed E-state index contributed by atoms with van der Waals surface area (Å²) in [6.07, 6.45) is 8.36. The molecule has 1 aromatic heterocycles. The molecule has 1 aliphatic carbocycles. The van der Waals surface area contributed by atoms with Crippen LogP contribution in [0, 0.1) is 5.92 Å². The Morgan fingerprint density at radius 1 is 1.12 bits per heavy atom. The Labute approximate surface area is 155 Å². The van der Waals surface area contributed by atoms with E-state index in [1.807, 2.05) is 11.9 Å². The summed E-state index contributed by atoms with van der Waals surface area (Å²) in [7, 11) is 0. The van der Waals surface area contributed by atoms with Crippen molar-refractivity contribution in [3.63, 3.8) is 0 Å². The first-order chi connectivity index (χ1) is 12.0. The number of nitrogens with zero attached hydrogens (tertiary/aromatic N) is 1. The topological polar surface area (TPSA) is 50.1 Å². The average Bonchev–Trinajstić information content (AvgIpc) is 3.13. The molecule has 0 atom stereocenters. The third kappa shape index (κ3) is 5.79. The molecule has 1 aliphatic rings. The van der Waals surface area contributed by atoms with Crippen LogP contribution in [0.2, 0.25) is 0 Å². The molecule has 1 saturated carbocycles. The van der Waals surface area contributed by atoms with Gasteiger partial charge in [-0.2, -0.15) is 0 Å². The first-order valence-corrected chi connectivity index (χ1v) is 9.97. The number of rotatable bonds is 6. The summed E-state index contributed by atoms with van der Waals surface area (Å²) in [4.78, 5) is 3.96. The molecule has 1 fully saturated rings. The van der Waals surface area contributed by atoms with Crippen molar-refractivity contribution in [2.24, 2.45) is 5.92 Å². The molecule has 0 bridgehead atoms. The standard InChI is InChI=1S/C20H29N3OS/c1-20(2,3)25-23-18-8-4-15(5-9-18)12-22-17-10-6-16(7-11-17)19-13-21-14-24-19/h6-7,10-11,13-15,18,22-23H,4-5,8-9,12H2,1-3H3/t15-,18-. The summed E-state index contributed by atoms with van der Waals surface area (Å²) in [6.45, 7) is 7.83. The average molecular weight is 360 g/mol. The summed E-state index contributed by atoms with van der Waals surface area (Å²) >= 11 is 1.87. The molecule has 4 nitrogen and oxygen atoms in total. The second kappa shape index (κ2) is 8.28. The van der Waals surface area contributed by atoms with Crippen molar-refractivity contribution >= 4 is 17.6 Å². The fourth-order valence-corrected chi connectivity index (χ4v) is 3.87. The van der Waals surface area contributed by atoms with Crippen LogP contribution in [0.4, 0.5) is 5.69 Å². The van der Waals surface area contributed by atoms with E-state index in [1.54, 1.807) is 6.20 Å². The van der Waals surface area contributed by atoms with Gasteiger partial charge in [0.15, 0.2) is 12.2 Å². The third-order valence-corrected chi connectivity index (χ3v) is 5.64. The molecule has 0 spiro atoms. The van der Waals surface area contributed by atoms with Crippen LogP contribution in [-0.4, -0.2) is 22.3 Å². The van der Waals surface area contributed by atoms with Crippen molar-refractivity contribution in [1.82, 2.24) is 9.71 Å². The highest BCUT2D eigenvalue weighted by Gasteiger charge is 2.22. The van der Waals surface area contributed by atoms with Crippen LogP contribution in [0.25, 0.3) is 11.3 Å². The van der Waals surface area contributed by atoms with Crippen LogP contribution in [0.1, 0.15) is 46.5 Å². The van der Waals surface area contributed by atoms with Crippen LogP contribution in [0.3, 0.4) is 0 Å². The van der Waals surface area contributed by atoms with Gasteiger partial charge in [-0.1, -0.05) is 11.9 Å². The normalized spacial score (nSPS) is 21.2. The number of anilines is 1. The fourth-order valence-electron chi connectivity index (χ4n) is 3.12. The monoisotopic (exact) mass is 359 g/mol. The lowest BCUT2D eigenvalue weighted by molar-refractivity contribution is 0.328. The SMILES string of the molecule is CC(C)(C)SN[C@H]1CC[C@H](CNc2ccc(-c3cnco3)cc2)CC1. The number of hydrogen-bond donors (Lipinski definition) is 2. The minimum atomic E-state index is 0.288. The summed E-state index contributed by atoms with van der Waals surface area (Å²) in [5.74, 6) is 1.58. The molecule has 25 heavy (non-hydrogen) atoms. The lowest BCUT2D eigenvalue weighted by Gasteiger charge is -2.31. The van der Waals surface area contributed by atoms with Crippen LogP contribution in [-0.2, 0) is 0 Å². The summed E-state index contributed by atoms with van der Waals surface area (Å²) in [5.41, 5.74) is 2.23. The van der Waals surface area contributed by atoms with Crippen LogP contribution >= 0.6 is 11.9 Å². The number of benzene rings is 1. The van der Waals surface area contributed by atoms with E-state index in [9.17, 15) is 0 Å². The van der Waals surface area contributed by atoms with Gasteiger partial charge in [0.25, 0.3) is 0 Å². The Morgan fingerprint density at radius 3 is 2.44 bits per heavy atom. The van der Waals surface area contributed by atoms with Gasteiger partial charge in [0.05, 0.1) is 6.20 Å². The molecule has 3 rings (SSSR count). The largest absolute Gasteiger partial charge is 0.444 e. The maximum absolute atomic E-state index is 5.33. The minimum Gasteiger partial charge on any atom is -0.444 e. The van der Waals surface area contributed by atoms with E-state index in [4.69, 9.17) is 4.42 Å². The van der Waals surface area contributed by atoms with Crippen molar-refractivity contribution in [2.75, 3.05) is 11.9 Å². The van der Waals surface area contributed by atoms with E-state index in [2.05, 4.69) is 60.1 Å². The van der Waals surface area contributed by atoms with Gasteiger partial charge in [-0.15, -0.1) is 0 Å². The molecule has 2 aromatic rings. The summed E-state index contributed by atoms with van der Waals surface area (Å²) in [5, 5.41) is 3.59. The highest BCUT2D eigenvalue weighted by atomic mass is 32.2. The van der Waals surface area contributed by atoms with Gasteiger partial charge >= 0.3 is 0 Å². The highest BCUT2D eigenvalue weighted by molar-refractivity contribution is 7.98. The molecule has 0 radical (unpaired) electrons. The van der Waals surface area contributed by atoms with E-state index < -0.39 is 0 Å². The molecule has 0 saturated heterocycles. The zero-order valence-corrected chi connectivity index (χ0v) is 16.2. The first-order valence-electron chi connectivity index (χ1n) is 9.16. The zero-order valence-electron chi connectivity index (χ0n) is 15.4. The number of aromatic nitrogens is 1. The molecule has 5 heteroatoms. The molecular weight excluding hydrogens is 330 g/mol. The van der Waals surface area contributed by atoms with Gasteiger partial charge in [0.2, 0.25) is 0 Å². The number of hydrogen-bond acceptors (Lipinski definition) is 5. The van der Waals surface area contributed by atoms with E-state index in [1.165, 1.54) is 37.8 Å². The molecule has 1 heterocycles. The van der Waals surface area contributed by atoms with Gasteiger partial charge < -0.3 is 9.73 Å². The molecule has 136 valence electrons. The van der Waals surface area contributed by atoms with E-state index in [0.717, 1.165) is 23.8 Å². The maximum Gasteiger partial charge on any atom is 0.181 e. The second-order valence-corrected chi connectivity index (χ2v) is 9.54. The van der Waals surface area contributed by atoms with E-state index >= 15 is 0 Å². The van der Waals surface area contributed by atoms with Crippen LogP contribution in [0.15, 0.2) is 41.3 Å². The Bertz CT molecular complexity index is 626. The van der Waals surface area contributed by atoms with Crippen molar-refractivity contribution in [3.8, 4) is 11.3 Å². The molecule has 0 unspecified atom stereocenters. The van der Waals surface area contributed by atoms with Crippen molar-refractivity contribution < 1.29 is 4.42 Å². The quantitative estimate of drug-likeness (QED) is 0.681. The van der Waals surface area contributed by atoms with Gasteiger partial charge in [-0.05, 0) is 76.6 Å².